The van der Waals surface area contributed by atoms with E-state index in [2.05, 4.69) is 4.98 Å². The van der Waals surface area contributed by atoms with Gasteiger partial charge in [-0.3, -0.25) is 0 Å². The van der Waals surface area contributed by atoms with Gasteiger partial charge in [-0.05, 0) is 13.3 Å². The van der Waals surface area contributed by atoms with Gasteiger partial charge in [-0.1, -0.05) is 6.92 Å². The van der Waals surface area contributed by atoms with Crippen LogP contribution in [0, 0.1) is 12.3 Å². The third kappa shape index (κ3) is 2.76. The van der Waals surface area contributed by atoms with Gasteiger partial charge in [0.25, 0.3) is 0 Å². The van der Waals surface area contributed by atoms with Gasteiger partial charge in [0, 0.05) is 16.5 Å². The Labute approximate surface area is 82.1 Å². The molecule has 13 heavy (non-hydrogen) atoms. The Morgan fingerprint density at radius 2 is 2.08 bits per heavy atom. The quantitative estimate of drug-likeness (QED) is 0.763. The Hall–Kier alpha value is -0.450. The Bertz CT molecular complexity index is 268. The van der Waals surface area contributed by atoms with Gasteiger partial charge in [0.15, 0.2) is 0 Å². The minimum atomic E-state index is -0.418. The van der Waals surface area contributed by atoms with Gasteiger partial charge in [-0.2, -0.15) is 0 Å². The highest BCUT2D eigenvalue weighted by molar-refractivity contribution is 7.11. The number of aromatic nitrogens is 1. The Balaban J connectivity index is 2.67. The van der Waals surface area contributed by atoms with Crippen molar-refractivity contribution in [3.05, 3.63) is 16.1 Å². The molecule has 0 spiro atoms. The van der Waals surface area contributed by atoms with Gasteiger partial charge < -0.3 is 10.2 Å². The summed E-state index contributed by atoms with van der Waals surface area (Å²) in [7, 11) is 0. The zero-order chi connectivity index (χ0) is 9.90. The van der Waals surface area contributed by atoms with Gasteiger partial charge in [0.05, 0.1) is 18.2 Å². The molecule has 0 fully saturated rings. The molecule has 1 rings (SSSR count). The number of rotatable bonds is 4. The largest absolute Gasteiger partial charge is 0.396 e. The van der Waals surface area contributed by atoms with Crippen molar-refractivity contribution in [2.75, 3.05) is 13.2 Å². The van der Waals surface area contributed by atoms with E-state index in [0.717, 1.165) is 9.88 Å². The summed E-state index contributed by atoms with van der Waals surface area (Å²) in [6.45, 7) is 3.81. The van der Waals surface area contributed by atoms with Crippen LogP contribution in [0.2, 0.25) is 0 Å². The van der Waals surface area contributed by atoms with Crippen molar-refractivity contribution in [2.45, 2.75) is 20.3 Å². The van der Waals surface area contributed by atoms with E-state index >= 15 is 0 Å². The van der Waals surface area contributed by atoms with Crippen LogP contribution in [0.15, 0.2) is 6.20 Å². The second-order valence-electron chi connectivity index (χ2n) is 3.65. The van der Waals surface area contributed by atoms with E-state index in [9.17, 15) is 0 Å². The molecule has 1 aromatic heterocycles. The SMILES string of the molecule is Cc1ncc(CC(C)(CO)CO)s1. The summed E-state index contributed by atoms with van der Waals surface area (Å²) < 4.78 is 0. The zero-order valence-corrected chi connectivity index (χ0v) is 8.77. The summed E-state index contributed by atoms with van der Waals surface area (Å²) in [5.74, 6) is 0. The lowest BCUT2D eigenvalue weighted by molar-refractivity contribution is 0.0710. The number of hydrogen-bond acceptors (Lipinski definition) is 4. The van der Waals surface area contributed by atoms with Crippen LogP contribution in [0.1, 0.15) is 16.8 Å². The minimum absolute atomic E-state index is 0.000444. The Kier molecular flexibility index (Phi) is 3.41. The third-order valence-electron chi connectivity index (χ3n) is 2.03. The molecule has 1 aromatic rings. The van der Waals surface area contributed by atoms with Crippen LogP contribution in [0.25, 0.3) is 0 Å². The number of hydrogen-bond donors (Lipinski definition) is 2. The summed E-state index contributed by atoms with van der Waals surface area (Å²) in [5.41, 5.74) is -0.418. The third-order valence-corrected chi connectivity index (χ3v) is 2.95. The summed E-state index contributed by atoms with van der Waals surface area (Å²) in [6.07, 6.45) is 2.50. The maximum absolute atomic E-state index is 9.08. The van der Waals surface area contributed by atoms with E-state index < -0.39 is 5.41 Å². The number of aliphatic hydroxyl groups is 2. The second-order valence-corrected chi connectivity index (χ2v) is 4.97. The first-order chi connectivity index (χ1) is 6.09. The summed E-state index contributed by atoms with van der Waals surface area (Å²) in [6, 6.07) is 0. The van der Waals surface area contributed by atoms with Crippen molar-refractivity contribution < 1.29 is 10.2 Å². The zero-order valence-electron chi connectivity index (χ0n) is 7.95. The molecule has 74 valence electrons. The maximum atomic E-state index is 9.08. The van der Waals surface area contributed by atoms with E-state index in [1.165, 1.54) is 0 Å². The molecule has 0 aliphatic heterocycles. The second kappa shape index (κ2) is 4.17. The van der Waals surface area contributed by atoms with E-state index in [0.29, 0.717) is 6.42 Å². The molecule has 0 aliphatic carbocycles. The van der Waals surface area contributed by atoms with Gasteiger partial charge >= 0.3 is 0 Å². The van der Waals surface area contributed by atoms with Gasteiger partial charge in [0.1, 0.15) is 0 Å². The lowest BCUT2D eigenvalue weighted by Crippen LogP contribution is -2.28. The molecule has 0 radical (unpaired) electrons. The molecule has 0 atom stereocenters. The predicted octanol–water partition coefficient (Wildman–Crippen LogP) is 0.985. The Morgan fingerprint density at radius 3 is 2.46 bits per heavy atom. The van der Waals surface area contributed by atoms with Crippen LogP contribution in [0.4, 0.5) is 0 Å². The summed E-state index contributed by atoms with van der Waals surface area (Å²) in [4.78, 5) is 5.24. The molecule has 1 heterocycles. The average molecular weight is 201 g/mol. The van der Waals surface area contributed by atoms with E-state index in [1.807, 2.05) is 20.0 Å². The molecular weight excluding hydrogens is 186 g/mol. The van der Waals surface area contributed by atoms with E-state index in [-0.39, 0.29) is 13.2 Å². The molecule has 3 nitrogen and oxygen atoms in total. The number of aryl methyl sites for hydroxylation is 1. The molecule has 0 aromatic carbocycles. The minimum Gasteiger partial charge on any atom is -0.396 e. The van der Waals surface area contributed by atoms with Crippen molar-refractivity contribution in [1.82, 2.24) is 4.98 Å². The van der Waals surface area contributed by atoms with Crippen LogP contribution in [0.5, 0.6) is 0 Å². The topological polar surface area (TPSA) is 53.4 Å². The Morgan fingerprint density at radius 1 is 1.46 bits per heavy atom. The highest BCUT2D eigenvalue weighted by Crippen LogP contribution is 2.24. The number of nitrogens with zero attached hydrogens (tertiary/aromatic N) is 1. The molecule has 0 saturated heterocycles. The first kappa shape index (κ1) is 10.6. The van der Waals surface area contributed by atoms with Gasteiger partial charge in [-0.15, -0.1) is 11.3 Å². The monoisotopic (exact) mass is 201 g/mol. The molecule has 0 aliphatic rings. The van der Waals surface area contributed by atoms with Crippen LogP contribution >= 0.6 is 11.3 Å². The van der Waals surface area contributed by atoms with Crippen molar-refractivity contribution in [3.63, 3.8) is 0 Å². The number of aliphatic hydroxyl groups excluding tert-OH is 2. The molecule has 4 heteroatoms. The fourth-order valence-corrected chi connectivity index (χ4v) is 2.08. The molecule has 0 amide bonds. The van der Waals surface area contributed by atoms with Crippen LogP contribution in [-0.2, 0) is 6.42 Å². The van der Waals surface area contributed by atoms with Gasteiger partial charge in [-0.25, -0.2) is 4.98 Å². The molecular formula is C9H15NO2S. The van der Waals surface area contributed by atoms with Crippen molar-refractivity contribution in [3.8, 4) is 0 Å². The first-order valence-corrected chi connectivity index (χ1v) is 5.04. The maximum Gasteiger partial charge on any atom is 0.0896 e. The summed E-state index contributed by atoms with van der Waals surface area (Å²) in [5, 5.41) is 19.2. The van der Waals surface area contributed by atoms with Crippen molar-refractivity contribution >= 4 is 11.3 Å². The first-order valence-electron chi connectivity index (χ1n) is 4.23. The van der Waals surface area contributed by atoms with E-state index in [1.54, 1.807) is 11.3 Å². The summed E-state index contributed by atoms with van der Waals surface area (Å²) >= 11 is 1.61. The smallest absolute Gasteiger partial charge is 0.0896 e. The highest BCUT2D eigenvalue weighted by Gasteiger charge is 2.23. The molecule has 0 saturated carbocycles. The molecule has 0 bridgehead atoms. The van der Waals surface area contributed by atoms with Crippen LogP contribution < -0.4 is 0 Å². The van der Waals surface area contributed by atoms with Crippen LogP contribution in [0.3, 0.4) is 0 Å². The van der Waals surface area contributed by atoms with Crippen molar-refractivity contribution in [2.24, 2.45) is 5.41 Å². The molecule has 2 N–H and O–H groups in total. The van der Waals surface area contributed by atoms with E-state index in [4.69, 9.17) is 10.2 Å². The number of thiazole rings is 1. The standard InChI is InChI=1S/C9H15NO2S/c1-7-10-4-8(13-7)3-9(2,5-11)6-12/h4,11-12H,3,5-6H2,1-2H3. The van der Waals surface area contributed by atoms with Crippen LogP contribution in [-0.4, -0.2) is 28.4 Å². The predicted molar refractivity (Wildman–Crippen MR) is 52.8 cm³/mol. The normalized spacial score (nSPS) is 12.0. The lowest BCUT2D eigenvalue weighted by Gasteiger charge is -2.23. The average Bonchev–Trinajstić information content (AvgIpc) is 2.51. The fourth-order valence-electron chi connectivity index (χ4n) is 1.07. The van der Waals surface area contributed by atoms with Gasteiger partial charge in [0.2, 0.25) is 0 Å². The lowest BCUT2D eigenvalue weighted by atomic mass is 9.88. The fraction of sp³-hybridized carbons (Fsp3) is 0.667. The molecule has 0 unspecified atom stereocenters. The highest BCUT2D eigenvalue weighted by atomic mass is 32.1. The van der Waals surface area contributed by atoms with Crippen molar-refractivity contribution in [1.29, 1.82) is 0 Å².